The Morgan fingerprint density at radius 3 is 2.29 bits per heavy atom. The second-order valence-electron chi connectivity index (χ2n) is 6.46. The standard InChI is InChI=1S/C16H18F3IO7S/c1-4-15(2,3)14(22)26-11-7-9(5-6-10(11)20)13(21)27-12(16(17,18)19)8-28(23,24)25/h5-7,12H,4,8H2,1-3H3,(H,23,24,25). The second-order valence-corrected chi connectivity index (χ2v) is 9.12. The summed E-state index contributed by atoms with van der Waals surface area (Å²) in [5.74, 6) is -3.98. The molecule has 0 amide bonds. The quantitative estimate of drug-likeness (QED) is 0.245. The Balaban J connectivity index is 3.10. The first-order chi connectivity index (χ1) is 12.6. The molecule has 0 spiro atoms. The molecule has 0 heterocycles. The highest BCUT2D eigenvalue weighted by atomic mass is 127. The lowest BCUT2D eigenvalue weighted by Crippen LogP contribution is -2.39. The van der Waals surface area contributed by atoms with Gasteiger partial charge in [0.1, 0.15) is 11.5 Å². The summed E-state index contributed by atoms with van der Waals surface area (Å²) in [7, 11) is -5.05. The van der Waals surface area contributed by atoms with Crippen LogP contribution < -0.4 is 4.74 Å². The summed E-state index contributed by atoms with van der Waals surface area (Å²) in [5.41, 5.74) is -1.21. The maximum absolute atomic E-state index is 12.9. The van der Waals surface area contributed by atoms with Gasteiger partial charge in [-0.1, -0.05) is 6.92 Å². The van der Waals surface area contributed by atoms with Crippen LogP contribution in [0.3, 0.4) is 0 Å². The first kappa shape index (κ1) is 24.6. The fourth-order valence-electron chi connectivity index (χ4n) is 1.67. The first-order valence-corrected chi connectivity index (χ1v) is 10.5. The smallest absolute Gasteiger partial charge is 0.426 e. The van der Waals surface area contributed by atoms with Crippen LogP contribution >= 0.6 is 22.6 Å². The van der Waals surface area contributed by atoms with Crippen molar-refractivity contribution in [1.29, 1.82) is 0 Å². The average Bonchev–Trinajstić information content (AvgIpc) is 2.53. The average molecular weight is 538 g/mol. The Morgan fingerprint density at radius 2 is 1.82 bits per heavy atom. The number of halogens is 4. The highest BCUT2D eigenvalue weighted by Gasteiger charge is 2.45. The second kappa shape index (κ2) is 8.95. The Hall–Kier alpha value is -1.41. The Morgan fingerprint density at radius 1 is 1.25 bits per heavy atom. The molecular formula is C16H18F3IO7S. The van der Waals surface area contributed by atoms with Gasteiger partial charge in [0.15, 0.2) is 0 Å². The number of esters is 2. The molecule has 1 unspecified atom stereocenters. The van der Waals surface area contributed by atoms with Crippen molar-refractivity contribution in [1.82, 2.24) is 0 Å². The van der Waals surface area contributed by atoms with E-state index in [-0.39, 0.29) is 11.3 Å². The third-order valence-electron chi connectivity index (χ3n) is 3.78. The van der Waals surface area contributed by atoms with Gasteiger partial charge in [0.05, 0.1) is 14.5 Å². The zero-order valence-electron chi connectivity index (χ0n) is 15.0. The van der Waals surface area contributed by atoms with Gasteiger partial charge in [-0.3, -0.25) is 9.35 Å². The number of hydrogen-bond acceptors (Lipinski definition) is 6. The van der Waals surface area contributed by atoms with Gasteiger partial charge >= 0.3 is 18.1 Å². The van der Waals surface area contributed by atoms with E-state index in [0.29, 0.717) is 9.99 Å². The van der Waals surface area contributed by atoms with Crippen molar-refractivity contribution < 1.29 is 45.2 Å². The molecule has 1 N–H and O–H groups in total. The molecule has 0 aliphatic rings. The molecule has 0 radical (unpaired) electrons. The van der Waals surface area contributed by atoms with E-state index >= 15 is 0 Å². The molecule has 1 atom stereocenters. The number of alkyl halides is 3. The van der Waals surface area contributed by atoms with Gasteiger partial charge in [0, 0.05) is 0 Å². The molecule has 1 aromatic carbocycles. The van der Waals surface area contributed by atoms with E-state index in [1.54, 1.807) is 20.8 Å². The fourth-order valence-corrected chi connectivity index (χ4v) is 2.76. The van der Waals surface area contributed by atoms with Gasteiger partial charge in [0.25, 0.3) is 10.1 Å². The fraction of sp³-hybridized carbons (Fsp3) is 0.500. The number of benzene rings is 1. The maximum atomic E-state index is 12.9. The predicted octanol–water partition coefficient (Wildman–Crippen LogP) is 3.61. The van der Waals surface area contributed by atoms with Crippen molar-refractivity contribution in [2.24, 2.45) is 5.41 Å². The van der Waals surface area contributed by atoms with Crippen LogP contribution in [0.15, 0.2) is 18.2 Å². The lowest BCUT2D eigenvalue weighted by Gasteiger charge is -2.21. The summed E-state index contributed by atoms with van der Waals surface area (Å²) < 4.78 is 78.7. The Bertz CT molecular complexity index is 850. The highest BCUT2D eigenvalue weighted by Crippen LogP contribution is 2.29. The molecule has 0 saturated heterocycles. The summed E-state index contributed by atoms with van der Waals surface area (Å²) in [4.78, 5) is 24.2. The third kappa shape index (κ3) is 7.20. The van der Waals surface area contributed by atoms with E-state index in [1.165, 1.54) is 6.07 Å². The van der Waals surface area contributed by atoms with Crippen molar-refractivity contribution in [2.75, 3.05) is 5.75 Å². The van der Waals surface area contributed by atoms with Crippen molar-refractivity contribution in [3.63, 3.8) is 0 Å². The van der Waals surface area contributed by atoms with Crippen LogP contribution in [0.4, 0.5) is 13.2 Å². The van der Waals surface area contributed by atoms with Crippen LogP contribution in [-0.2, 0) is 19.6 Å². The Labute approximate surface area is 173 Å². The van der Waals surface area contributed by atoms with Crippen LogP contribution in [0.25, 0.3) is 0 Å². The van der Waals surface area contributed by atoms with Crippen LogP contribution in [0, 0.1) is 8.99 Å². The molecular weight excluding hydrogens is 520 g/mol. The molecule has 158 valence electrons. The minimum Gasteiger partial charge on any atom is -0.448 e. The Kier molecular flexibility index (Phi) is 7.87. The molecule has 12 heteroatoms. The number of rotatable bonds is 7. The van der Waals surface area contributed by atoms with Crippen LogP contribution in [-0.4, -0.2) is 42.9 Å². The van der Waals surface area contributed by atoms with E-state index in [0.717, 1.165) is 12.1 Å². The zero-order chi connectivity index (χ0) is 21.9. The minimum absolute atomic E-state index is 0.0556. The van der Waals surface area contributed by atoms with Crippen molar-refractivity contribution >= 4 is 44.6 Å². The third-order valence-corrected chi connectivity index (χ3v) is 5.40. The molecule has 0 saturated carbocycles. The molecule has 0 fully saturated rings. The summed E-state index contributed by atoms with van der Waals surface area (Å²) in [6.45, 7) is 5.06. The molecule has 1 aromatic rings. The summed E-state index contributed by atoms with van der Waals surface area (Å²) in [5, 5.41) is 0. The minimum atomic E-state index is -5.21. The van der Waals surface area contributed by atoms with Gasteiger partial charge in [-0.25, -0.2) is 4.79 Å². The molecule has 0 aromatic heterocycles. The highest BCUT2D eigenvalue weighted by molar-refractivity contribution is 14.1. The van der Waals surface area contributed by atoms with Gasteiger partial charge in [0.2, 0.25) is 6.10 Å². The zero-order valence-corrected chi connectivity index (χ0v) is 18.0. The predicted molar refractivity (Wildman–Crippen MR) is 101 cm³/mol. The normalized spacial score (nSPS) is 13.7. The molecule has 28 heavy (non-hydrogen) atoms. The SMILES string of the molecule is CCC(C)(C)C(=O)Oc1cc(C(=O)OC(CS(=O)(=O)O)C(F)(F)F)ccc1I. The maximum Gasteiger partial charge on any atom is 0.426 e. The van der Waals surface area contributed by atoms with E-state index in [1.807, 2.05) is 22.6 Å². The number of ether oxygens (including phenoxy) is 2. The molecule has 0 bridgehead atoms. The van der Waals surface area contributed by atoms with E-state index in [9.17, 15) is 31.2 Å². The largest absolute Gasteiger partial charge is 0.448 e. The monoisotopic (exact) mass is 538 g/mol. The molecule has 0 aliphatic heterocycles. The molecule has 0 aliphatic carbocycles. The molecule has 1 rings (SSSR count). The van der Waals surface area contributed by atoms with Crippen molar-refractivity contribution in [3.05, 3.63) is 27.3 Å². The summed E-state index contributed by atoms with van der Waals surface area (Å²) >= 11 is 1.81. The molecule has 7 nitrogen and oxygen atoms in total. The van der Waals surface area contributed by atoms with Crippen molar-refractivity contribution in [3.8, 4) is 5.75 Å². The van der Waals surface area contributed by atoms with E-state index < -0.39 is 45.5 Å². The van der Waals surface area contributed by atoms with Gasteiger partial charge < -0.3 is 9.47 Å². The van der Waals surface area contributed by atoms with Gasteiger partial charge in [-0.05, 0) is 61.1 Å². The van der Waals surface area contributed by atoms with Gasteiger partial charge in [-0.15, -0.1) is 0 Å². The lowest BCUT2D eigenvalue weighted by atomic mass is 9.91. The van der Waals surface area contributed by atoms with Crippen LogP contribution in [0.2, 0.25) is 0 Å². The summed E-state index contributed by atoms with van der Waals surface area (Å²) in [6.07, 6.45) is -7.80. The van der Waals surface area contributed by atoms with E-state index in [2.05, 4.69) is 4.74 Å². The van der Waals surface area contributed by atoms with Gasteiger partial charge in [-0.2, -0.15) is 21.6 Å². The topological polar surface area (TPSA) is 107 Å². The lowest BCUT2D eigenvalue weighted by molar-refractivity contribution is -0.197. The number of carbonyl (C=O) groups is 2. The summed E-state index contributed by atoms with van der Waals surface area (Å²) in [6, 6.07) is 3.48. The first-order valence-electron chi connectivity index (χ1n) is 7.81. The van der Waals surface area contributed by atoms with Crippen LogP contribution in [0.1, 0.15) is 37.6 Å². The van der Waals surface area contributed by atoms with Crippen molar-refractivity contribution in [2.45, 2.75) is 39.5 Å². The van der Waals surface area contributed by atoms with Crippen LogP contribution in [0.5, 0.6) is 5.75 Å². The van der Waals surface area contributed by atoms with E-state index in [4.69, 9.17) is 9.29 Å². The number of hydrogen-bond donors (Lipinski definition) is 1. The number of carbonyl (C=O) groups excluding carboxylic acids is 2.